The maximum absolute atomic E-state index is 14.1. The van der Waals surface area contributed by atoms with Crippen LogP contribution in [0.1, 0.15) is 30.0 Å². The van der Waals surface area contributed by atoms with Gasteiger partial charge < -0.3 is 4.57 Å². The van der Waals surface area contributed by atoms with E-state index >= 15 is 0 Å². The van der Waals surface area contributed by atoms with Crippen molar-refractivity contribution in [2.75, 3.05) is 0 Å². The zero-order chi connectivity index (χ0) is 15.0. The molecule has 0 aliphatic rings. The van der Waals surface area contributed by atoms with Crippen LogP contribution in [-0.2, 0) is 5.88 Å². The maximum Gasteiger partial charge on any atom is 0.160 e. The molecule has 0 aliphatic heterocycles. The zero-order valence-corrected chi connectivity index (χ0v) is 12.6. The Morgan fingerprint density at radius 3 is 2.67 bits per heavy atom. The minimum atomic E-state index is -0.236. The zero-order valence-electron chi connectivity index (χ0n) is 11.8. The van der Waals surface area contributed by atoms with Gasteiger partial charge in [0, 0.05) is 11.3 Å². The molecule has 108 valence electrons. The summed E-state index contributed by atoms with van der Waals surface area (Å²) in [7, 11) is 0. The second-order valence-electron chi connectivity index (χ2n) is 5.02. The highest BCUT2D eigenvalue weighted by molar-refractivity contribution is 6.16. The van der Waals surface area contributed by atoms with E-state index in [9.17, 15) is 4.39 Å². The number of fused-ring (bicyclic) bond motifs is 1. The van der Waals surface area contributed by atoms with Crippen LogP contribution in [0.2, 0.25) is 0 Å². The Hall–Kier alpha value is -1.94. The molecular formula is C16H15ClFN3. The van der Waals surface area contributed by atoms with Crippen LogP contribution >= 0.6 is 11.6 Å². The lowest BCUT2D eigenvalue weighted by molar-refractivity contribution is 0.554. The Morgan fingerprint density at radius 2 is 1.95 bits per heavy atom. The van der Waals surface area contributed by atoms with Crippen LogP contribution < -0.4 is 0 Å². The first-order valence-electron chi connectivity index (χ1n) is 6.76. The first kappa shape index (κ1) is 14.0. The van der Waals surface area contributed by atoms with E-state index in [1.54, 1.807) is 12.1 Å². The van der Waals surface area contributed by atoms with Crippen LogP contribution in [-0.4, -0.2) is 14.5 Å². The third-order valence-corrected chi connectivity index (χ3v) is 3.85. The Balaban J connectivity index is 2.23. The largest absolute Gasteiger partial charge is 0.304 e. The number of imidazole rings is 1. The third kappa shape index (κ3) is 2.40. The smallest absolute Gasteiger partial charge is 0.160 e. The van der Waals surface area contributed by atoms with Crippen molar-refractivity contribution < 1.29 is 4.39 Å². The summed E-state index contributed by atoms with van der Waals surface area (Å²) in [5.41, 5.74) is 3.01. The third-order valence-electron chi connectivity index (χ3n) is 3.61. The lowest BCUT2D eigenvalue weighted by Gasteiger charge is -2.17. The lowest BCUT2D eigenvalue weighted by atomic mass is 10.1. The van der Waals surface area contributed by atoms with Crippen LogP contribution in [0.3, 0.4) is 0 Å². The number of hydrogen-bond acceptors (Lipinski definition) is 2. The number of benzene rings is 1. The number of rotatable bonds is 3. The molecule has 0 fully saturated rings. The van der Waals surface area contributed by atoms with Crippen molar-refractivity contribution in [2.45, 2.75) is 25.8 Å². The molecule has 1 unspecified atom stereocenters. The molecule has 0 spiro atoms. The first-order valence-corrected chi connectivity index (χ1v) is 7.30. The molecule has 2 heterocycles. The summed E-state index contributed by atoms with van der Waals surface area (Å²) in [5.74, 6) is 0.717. The van der Waals surface area contributed by atoms with Crippen molar-refractivity contribution in [1.29, 1.82) is 0 Å². The Labute approximate surface area is 127 Å². The molecule has 3 nitrogen and oxygen atoms in total. The monoisotopic (exact) mass is 303 g/mol. The summed E-state index contributed by atoms with van der Waals surface area (Å²) in [5, 5.41) is 0. The van der Waals surface area contributed by atoms with Crippen LogP contribution in [0.4, 0.5) is 4.39 Å². The van der Waals surface area contributed by atoms with E-state index in [0.717, 1.165) is 16.9 Å². The molecule has 0 radical (unpaired) electrons. The summed E-state index contributed by atoms with van der Waals surface area (Å²) < 4.78 is 16.0. The maximum atomic E-state index is 14.1. The van der Waals surface area contributed by atoms with Gasteiger partial charge in [0.15, 0.2) is 5.65 Å². The van der Waals surface area contributed by atoms with Crippen molar-refractivity contribution in [3.63, 3.8) is 0 Å². The molecule has 2 aromatic heterocycles. The number of aromatic nitrogens is 3. The minimum absolute atomic E-state index is 0.223. The second-order valence-corrected chi connectivity index (χ2v) is 5.29. The number of nitrogens with zero attached hydrogens (tertiary/aromatic N) is 3. The molecule has 3 aromatic rings. The molecule has 1 atom stereocenters. The van der Waals surface area contributed by atoms with Gasteiger partial charge in [0.05, 0.1) is 11.9 Å². The fourth-order valence-corrected chi connectivity index (χ4v) is 2.76. The van der Waals surface area contributed by atoms with Gasteiger partial charge in [-0.25, -0.2) is 14.4 Å². The van der Waals surface area contributed by atoms with Crippen LogP contribution in [0.5, 0.6) is 0 Å². The molecular weight excluding hydrogens is 289 g/mol. The van der Waals surface area contributed by atoms with Gasteiger partial charge in [0.25, 0.3) is 0 Å². The van der Waals surface area contributed by atoms with E-state index in [2.05, 4.69) is 9.97 Å². The molecule has 0 saturated carbocycles. The van der Waals surface area contributed by atoms with E-state index in [1.165, 1.54) is 6.07 Å². The van der Waals surface area contributed by atoms with Gasteiger partial charge in [-0.05, 0) is 32.0 Å². The highest BCUT2D eigenvalue weighted by Crippen LogP contribution is 2.27. The van der Waals surface area contributed by atoms with Crippen molar-refractivity contribution in [3.05, 3.63) is 59.3 Å². The molecule has 0 N–H and O–H groups in total. The molecule has 0 bridgehead atoms. The fraction of sp³-hybridized carbons (Fsp3) is 0.250. The molecule has 0 amide bonds. The molecule has 0 saturated heterocycles. The number of hydrogen-bond donors (Lipinski definition) is 0. The van der Waals surface area contributed by atoms with Crippen molar-refractivity contribution >= 4 is 22.8 Å². The predicted molar refractivity (Wildman–Crippen MR) is 82.0 cm³/mol. The number of alkyl halides is 1. The van der Waals surface area contributed by atoms with Gasteiger partial charge in [-0.15, -0.1) is 11.6 Å². The van der Waals surface area contributed by atoms with Gasteiger partial charge in [0.2, 0.25) is 0 Å². The van der Waals surface area contributed by atoms with Crippen molar-refractivity contribution in [2.24, 2.45) is 0 Å². The highest BCUT2D eigenvalue weighted by atomic mass is 35.5. The predicted octanol–water partition coefficient (Wildman–Crippen LogP) is 4.23. The summed E-state index contributed by atoms with van der Waals surface area (Å²) in [6.07, 6.45) is 0. The number of aryl methyl sites for hydroxylation is 1. The summed E-state index contributed by atoms with van der Waals surface area (Å²) in [6.45, 7) is 3.85. The highest BCUT2D eigenvalue weighted by Gasteiger charge is 2.20. The van der Waals surface area contributed by atoms with E-state index in [1.807, 2.05) is 36.6 Å². The molecule has 3 rings (SSSR count). The average Bonchev–Trinajstić information content (AvgIpc) is 2.84. The van der Waals surface area contributed by atoms with E-state index in [-0.39, 0.29) is 17.7 Å². The van der Waals surface area contributed by atoms with Crippen LogP contribution in [0.25, 0.3) is 11.2 Å². The molecule has 0 aliphatic carbocycles. The summed E-state index contributed by atoms with van der Waals surface area (Å²) >= 11 is 6.01. The van der Waals surface area contributed by atoms with E-state index in [0.29, 0.717) is 11.4 Å². The average molecular weight is 304 g/mol. The lowest BCUT2D eigenvalue weighted by Crippen LogP contribution is -2.12. The number of halogens is 2. The molecule has 21 heavy (non-hydrogen) atoms. The molecule has 5 heteroatoms. The summed E-state index contributed by atoms with van der Waals surface area (Å²) in [6, 6.07) is 10.3. The van der Waals surface area contributed by atoms with Crippen molar-refractivity contribution in [3.8, 4) is 0 Å². The Morgan fingerprint density at radius 1 is 1.19 bits per heavy atom. The normalized spacial score (nSPS) is 12.8. The van der Waals surface area contributed by atoms with Gasteiger partial charge in [-0.2, -0.15) is 0 Å². The van der Waals surface area contributed by atoms with Gasteiger partial charge >= 0.3 is 0 Å². The SMILES string of the molecule is Cc1ccc2nc(CCl)n(C(C)c3ccccc3F)c2n1. The van der Waals surface area contributed by atoms with Gasteiger partial charge in [-0.1, -0.05) is 18.2 Å². The van der Waals surface area contributed by atoms with Crippen LogP contribution in [0.15, 0.2) is 36.4 Å². The first-order chi connectivity index (χ1) is 10.1. The Kier molecular flexibility index (Phi) is 3.64. The quantitative estimate of drug-likeness (QED) is 0.678. The second kappa shape index (κ2) is 5.45. The summed E-state index contributed by atoms with van der Waals surface area (Å²) in [4.78, 5) is 9.03. The van der Waals surface area contributed by atoms with Gasteiger partial charge in [0.1, 0.15) is 17.2 Å². The van der Waals surface area contributed by atoms with Crippen LogP contribution in [0, 0.1) is 12.7 Å². The standard InChI is InChI=1S/C16H15ClFN3/c1-10-7-8-14-16(19-10)21(15(9-17)20-14)11(2)12-5-3-4-6-13(12)18/h3-8,11H,9H2,1-2H3. The van der Waals surface area contributed by atoms with E-state index < -0.39 is 0 Å². The fourth-order valence-electron chi connectivity index (χ4n) is 2.57. The molecule has 1 aromatic carbocycles. The Bertz CT molecular complexity index is 797. The topological polar surface area (TPSA) is 30.7 Å². The number of pyridine rings is 1. The minimum Gasteiger partial charge on any atom is -0.304 e. The van der Waals surface area contributed by atoms with Gasteiger partial charge in [-0.3, -0.25) is 0 Å². The van der Waals surface area contributed by atoms with Crippen molar-refractivity contribution in [1.82, 2.24) is 14.5 Å². The van der Waals surface area contributed by atoms with E-state index in [4.69, 9.17) is 11.6 Å².